The molecule has 1 aromatic rings. The van der Waals surface area contributed by atoms with Crippen LogP contribution >= 0.6 is 0 Å². The standard InChI is InChI=1S/C17H20F4N2O2/c1-11(2)15(18)16(24)22-10-12-3-4-13(9-14(12)17(19,20)21)23-5-7-25-8-6-23/h3-4,9H,5-8,10H2,1-2H3,(H,22,24). The molecule has 1 N–H and O–H groups in total. The van der Waals surface area contributed by atoms with Crippen LogP contribution in [0.15, 0.2) is 29.6 Å². The minimum absolute atomic E-state index is 0.112. The van der Waals surface area contributed by atoms with Crippen molar-refractivity contribution in [3.05, 3.63) is 40.7 Å². The average molecular weight is 360 g/mol. The van der Waals surface area contributed by atoms with E-state index in [2.05, 4.69) is 5.32 Å². The monoisotopic (exact) mass is 360 g/mol. The maximum Gasteiger partial charge on any atom is 0.416 e. The lowest BCUT2D eigenvalue weighted by Gasteiger charge is -2.29. The molecule has 8 heteroatoms. The number of ether oxygens (including phenoxy) is 1. The summed E-state index contributed by atoms with van der Waals surface area (Å²) in [5.74, 6) is -2.01. The topological polar surface area (TPSA) is 41.6 Å². The van der Waals surface area contributed by atoms with Crippen molar-refractivity contribution >= 4 is 11.6 Å². The molecule has 1 saturated heterocycles. The van der Waals surface area contributed by atoms with Gasteiger partial charge in [-0.3, -0.25) is 4.79 Å². The maximum absolute atomic E-state index is 13.5. The summed E-state index contributed by atoms with van der Waals surface area (Å²) in [6.45, 7) is 4.36. The zero-order chi connectivity index (χ0) is 18.6. The summed E-state index contributed by atoms with van der Waals surface area (Å²) in [6, 6.07) is 3.94. The highest BCUT2D eigenvalue weighted by atomic mass is 19.4. The number of amides is 1. The van der Waals surface area contributed by atoms with Crippen molar-refractivity contribution in [3.8, 4) is 0 Å². The van der Waals surface area contributed by atoms with E-state index in [1.54, 1.807) is 6.07 Å². The number of alkyl halides is 3. The lowest BCUT2D eigenvalue weighted by molar-refractivity contribution is -0.138. The number of rotatable bonds is 4. The van der Waals surface area contributed by atoms with Gasteiger partial charge in [-0.05, 0) is 37.1 Å². The molecule has 1 heterocycles. The molecular formula is C17H20F4N2O2. The Kier molecular flexibility index (Phi) is 6.05. The lowest BCUT2D eigenvalue weighted by Crippen LogP contribution is -2.36. The van der Waals surface area contributed by atoms with E-state index in [0.717, 1.165) is 6.07 Å². The molecule has 0 radical (unpaired) electrons. The summed E-state index contributed by atoms with van der Waals surface area (Å²) in [7, 11) is 0. The van der Waals surface area contributed by atoms with E-state index < -0.39 is 30.0 Å². The van der Waals surface area contributed by atoms with E-state index in [0.29, 0.717) is 32.0 Å². The van der Waals surface area contributed by atoms with Gasteiger partial charge < -0.3 is 15.0 Å². The molecule has 0 spiro atoms. The van der Waals surface area contributed by atoms with Crippen molar-refractivity contribution in [3.63, 3.8) is 0 Å². The molecule has 1 aliphatic rings. The van der Waals surface area contributed by atoms with Crippen LogP contribution in [0.1, 0.15) is 25.0 Å². The number of carbonyl (C=O) groups excluding carboxylic acids is 1. The van der Waals surface area contributed by atoms with Crippen molar-refractivity contribution in [1.82, 2.24) is 5.32 Å². The number of carbonyl (C=O) groups is 1. The molecule has 1 fully saturated rings. The first-order valence-electron chi connectivity index (χ1n) is 7.84. The fraction of sp³-hybridized carbons (Fsp3) is 0.471. The second-order valence-corrected chi connectivity index (χ2v) is 5.94. The number of morpholine rings is 1. The highest BCUT2D eigenvalue weighted by Crippen LogP contribution is 2.35. The Hall–Kier alpha value is -2.09. The van der Waals surface area contributed by atoms with Gasteiger partial charge in [-0.2, -0.15) is 13.2 Å². The molecule has 138 valence electrons. The first kappa shape index (κ1) is 19.2. The van der Waals surface area contributed by atoms with Gasteiger partial charge in [0.05, 0.1) is 18.8 Å². The quantitative estimate of drug-likeness (QED) is 0.661. The Morgan fingerprint density at radius 3 is 2.44 bits per heavy atom. The van der Waals surface area contributed by atoms with Crippen LogP contribution in [0.25, 0.3) is 0 Å². The van der Waals surface area contributed by atoms with Crippen LogP contribution in [0, 0.1) is 0 Å². The van der Waals surface area contributed by atoms with Gasteiger partial charge in [-0.25, -0.2) is 4.39 Å². The van der Waals surface area contributed by atoms with Gasteiger partial charge in [0.25, 0.3) is 5.91 Å². The van der Waals surface area contributed by atoms with Crippen molar-refractivity contribution < 1.29 is 27.1 Å². The van der Waals surface area contributed by atoms with Crippen LogP contribution in [0.5, 0.6) is 0 Å². The van der Waals surface area contributed by atoms with E-state index in [1.807, 2.05) is 4.90 Å². The van der Waals surface area contributed by atoms with E-state index >= 15 is 0 Å². The summed E-state index contributed by atoms with van der Waals surface area (Å²) in [5.41, 5.74) is -0.341. The molecule has 0 bridgehead atoms. The Balaban J connectivity index is 2.22. The second-order valence-electron chi connectivity index (χ2n) is 5.94. The van der Waals surface area contributed by atoms with Crippen LogP contribution < -0.4 is 10.2 Å². The number of nitrogens with one attached hydrogen (secondary N) is 1. The van der Waals surface area contributed by atoms with Gasteiger partial charge in [0.15, 0.2) is 5.83 Å². The third-order valence-electron chi connectivity index (χ3n) is 3.85. The molecule has 2 rings (SSSR count). The molecule has 1 aliphatic heterocycles. The fourth-order valence-corrected chi connectivity index (χ4v) is 2.48. The third-order valence-corrected chi connectivity index (χ3v) is 3.85. The van der Waals surface area contributed by atoms with Gasteiger partial charge >= 0.3 is 6.18 Å². The summed E-state index contributed by atoms with van der Waals surface area (Å²) >= 11 is 0. The van der Waals surface area contributed by atoms with Gasteiger partial charge in [0, 0.05) is 25.3 Å². The molecule has 0 aliphatic carbocycles. The molecule has 25 heavy (non-hydrogen) atoms. The van der Waals surface area contributed by atoms with Crippen LogP contribution in [0.2, 0.25) is 0 Å². The Labute approximate surface area is 143 Å². The smallest absolute Gasteiger partial charge is 0.378 e. The molecule has 1 amide bonds. The molecule has 0 unspecified atom stereocenters. The second kappa shape index (κ2) is 7.86. The third kappa shape index (κ3) is 4.94. The number of benzene rings is 1. The number of allylic oxidation sites excluding steroid dienone is 1. The van der Waals surface area contributed by atoms with E-state index in [4.69, 9.17) is 4.74 Å². The van der Waals surface area contributed by atoms with Crippen molar-refractivity contribution in [2.24, 2.45) is 0 Å². The minimum Gasteiger partial charge on any atom is -0.378 e. The van der Waals surface area contributed by atoms with E-state index in [-0.39, 0.29) is 11.1 Å². The van der Waals surface area contributed by atoms with Gasteiger partial charge in [0.2, 0.25) is 0 Å². The molecule has 0 aromatic heterocycles. The van der Waals surface area contributed by atoms with Gasteiger partial charge in [-0.15, -0.1) is 0 Å². The summed E-state index contributed by atoms with van der Waals surface area (Å²) < 4.78 is 58.8. The fourth-order valence-electron chi connectivity index (χ4n) is 2.48. The SMILES string of the molecule is CC(C)=C(F)C(=O)NCc1ccc(N2CCOCC2)cc1C(F)(F)F. The van der Waals surface area contributed by atoms with Gasteiger partial charge in [-0.1, -0.05) is 6.07 Å². The van der Waals surface area contributed by atoms with Crippen molar-refractivity contribution in [1.29, 1.82) is 0 Å². The summed E-state index contributed by atoms with van der Waals surface area (Å²) in [4.78, 5) is 13.4. The van der Waals surface area contributed by atoms with Crippen molar-refractivity contribution in [2.45, 2.75) is 26.6 Å². The molecule has 0 saturated carbocycles. The van der Waals surface area contributed by atoms with Crippen LogP contribution in [0.3, 0.4) is 0 Å². The predicted molar refractivity (Wildman–Crippen MR) is 85.8 cm³/mol. The number of halogens is 4. The Bertz CT molecular complexity index is 661. The number of hydrogen-bond acceptors (Lipinski definition) is 3. The summed E-state index contributed by atoms with van der Waals surface area (Å²) in [6.07, 6.45) is -4.57. The number of hydrogen-bond donors (Lipinski definition) is 1. The Morgan fingerprint density at radius 1 is 1.24 bits per heavy atom. The highest BCUT2D eigenvalue weighted by molar-refractivity contribution is 5.91. The van der Waals surface area contributed by atoms with E-state index in [1.165, 1.54) is 19.9 Å². The zero-order valence-corrected chi connectivity index (χ0v) is 14.0. The zero-order valence-electron chi connectivity index (χ0n) is 14.0. The van der Waals surface area contributed by atoms with Crippen molar-refractivity contribution in [2.75, 3.05) is 31.2 Å². The van der Waals surface area contributed by atoms with Crippen LogP contribution in [0.4, 0.5) is 23.2 Å². The minimum atomic E-state index is -4.57. The van der Waals surface area contributed by atoms with Crippen LogP contribution in [-0.2, 0) is 22.3 Å². The van der Waals surface area contributed by atoms with Gasteiger partial charge in [0.1, 0.15) is 0 Å². The lowest BCUT2D eigenvalue weighted by atomic mass is 10.0. The molecular weight excluding hydrogens is 340 g/mol. The van der Waals surface area contributed by atoms with Crippen LogP contribution in [-0.4, -0.2) is 32.2 Å². The number of anilines is 1. The normalized spacial score (nSPS) is 15.0. The average Bonchev–Trinajstić information content (AvgIpc) is 2.58. The highest BCUT2D eigenvalue weighted by Gasteiger charge is 2.34. The maximum atomic E-state index is 13.5. The molecule has 4 nitrogen and oxygen atoms in total. The number of nitrogens with zero attached hydrogens (tertiary/aromatic N) is 1. The van der Waals surface area contributed by atoms with E-state index in [9.17, 15) is 22.4 Å². The molecule has 1 aromatic carbocycles. The first-order valence-corrected chi connectivity index (χ1v) is 7.84. The first-order chi connectivity index (χ1) is 11.7. The summed E-state index contributed by atoms with van der Waals surface area (Å²) in [5, 5.41) is 2.19. The largest absolute Gasteiger partial charge is 0.416 e. The Morgan fingerprint density at radius 2 is 1.88 bits per heavy atom. The molecule has 0 atom stereocenters. The predicted octanol–water partition coefficient (Wildman–Crippen LogP) is 3.42.